The number of nitrogens with one attached hydrogen (secondary N) is 1. The Kier molecular flexibility index (Phi) is 5.51. The third kappa shape index (κ3) is 4.68. The number of hydrazine groups is 1. The van der Waals surface area contributed by atoms with Crippen molar-refractivity contribution in [1.82, 2.24) is 15.0 Å². The quantitative estimate of drug-likeness (QED) is 0.588. The minimum absolute atomic E-state index is 0.0112. The zero-order chi connectivity index (χ0) is 15.2. The Labute approximate surface area is 125 Å². The fourth-order valence-corrected chi connectivity index (χ4v) is 2.26. The molecule has 3 N–H and O–H groups in total. The van der Waals surface area contributed by atoms with E-state index in [2.05, 4.69) is 20.4 Å². The summed E-state index contributed by atoms with van der Waals surface area (Å²) in [5.41, 5.74) is 2.45. The monoisotopic (exact) mass is 296 g/mol. The van der Waals surface area contributed by atoms with E-state index in [4.69, 9.17) is 15.3 Å². The van der Waals surface area contributed by atoms with E-state index in [1.54, 1.807) is 0 Å². The van der Waals surface area contributed by atoms with Crippen molar-refractivity contribution < 1.29 is 9.47 Å². The molecule has 8 nitrogen and oxygen atoms in total. The van der Waals surface area contributed by atoms with Gasteiger partial charge in [-0.15, -0.1) is 0 Å². The van der Waals surface area contributed by atoms with Crippen LogP contribution in [-0.4, -0.2) is 47.9 Å². The average molecular weight is 296 g/mol. The van der Waals surface area contributed by atoms with Crippen LogP contribution in [0.5, 0.6) is 6.01 Å². The molecule has 1 aliphatic heterocycles. The van der Waals surface area contributed by atoms with Crippen molar-refractivity contribution in [1.29, 1.82) is 0 Å². The van der Waals surface area contributed by atoms with E-state index in [1.807, 2.05) is 25.8 Å². The number of anilines is 2. The molecule has 1 aromatic heterocycles. The molecule has 1 aromatic rings. The van der Waals surface area contributed by atoms with Crippen LogP contribution < -0.4 is 20.9 Å². The first-order valence-electron chi connectivity index (χ1n) is 7.26. The number of nitrogens with zero attached hydrogens (tertiary/aromatic N) is 4. The third-order valence-corrected chi connectivity index (χ3v) is 3.20. The maximum absolute atomic E-state index is 5.53. The summed E-state index contributed by atoms with van der Waals surface area (Å²) in [4.78, 5) is 14.7. The molecule has 1 atom stereocenters. The summed E-state index contributed by atoms with van der Waals surface area (Å²) in [6.45, 7) is 6.31. The van der Waals surface area contributed by atoms with Gasteiger partial charge in [-0.05, 0) is 32.6 Å². The fourth-order valence-electron chi connectivity index (χ4n) is 2.26. The predicted octanol–water partition coefficient (Wildman–Crippen LogP) is 0.807. The molecule has 0 bridgehead atoms. The Morgan fingerprint density at radius 3 is 2.86 bits per heavy atom. The van der Waals surface area contributed by atoms with Crippen LogP contribution in [0, 0.1) is 5.92 Å². The Morgan fingerprint density at radius 2 is 2.24 bits per heavy atom. The zero-order valence-corrected chi connectivity index (χ0v) is 12.9. The summed E-state index contributed by atoms with van der Waals surface area (Å²) in [7, 11) is 1.95. The van der Waals surface area contributed by atoms with Crippen molar-refractivity contribution in [2.75, 3.05) is 37.1 Å². The van der Waals surface area contributed by atoms with Crippen LogP contribution >= 0.6 is 0 Å². The van der Waals surface area contributed by atoms with Crippen molar-refractivity contribution in [3.05, 3.63) is 0 Å². The molecule has 1 fully saturated rings. The van der Waals surface area contributed by atoms with Gasteiger partial charge in [0.2, 0.25) is 11.9 Å². The number of hydrogen-bond donors (Lipinski definition) is 2. The van der Waals surface area contributed by atoms with Gasteiger partial charge in [-0.2, -0.15) is 15.0 Å². The number of rotatable bonds is 6. The van der Waals surface area contributed by atoms with E-state index in [1.165, 1.54) is 0 Å². The Balaban J connectivity index is 2.08. The minimum atomic E-state index is -0.0112. The van der Waals surface area contributed by atoms with Crippen molar-refractivity contribution in [2.24, 2.45) is 11.8 Å². The van der Waals surface area contributed by atoms with Gasteiger partial charge in [0.1, 0.15) is 0 Å². The van der Waals surface area contributed by atoms with Crippen molar-refractivity contribution in [3.63, 3.8) is 0 Å². The fraction of sp³-hybridized carbons (Fsp3) is 0.769. The number of hydrogen-bond acceptors (Lipinski definition) is 8. The van der Waals surface area contributed by atoms with Crippen LogP contribution in [0.25, 0.3) is 0 Å². The van der Waals surface area contributed by atoms with E-state index < -0.39 is 0 Å². The Morgan fingerprint density at radius 1 is 1.43 bits per heavy atom. The van der Waals surface area contributed by atoms with E-state index in [9.17, 15) is 0 Å². The molecule has 0 spiro atoms. The van der Waals surface area contributed by atoms with E-state index in [-0.39, 0.29) is 12.1 Å². The molecule has 8 heteroatoms. The van der Waals surface area contributed by atoms with Crippen LogP contribution in [0.4, 0.5) is 11.9 Å². The highest BCUT2D eigenvalue weighted by Crippen LogP contribution is 2.19. The highest BCUT2D eigenvalue weighted by atomic mass is 16.5. The molecule has 2 rings (SSSR count). The molecular weight excluding hydrogens is 272 g/mol. The second kappa shape index (κ2) is 7.37. The summed E-state index contributed by atoms with van der Waals surface area (Å²) in [5, 5.41) is 0. The SMILES string of the molecule is CC(C)Oc1nc(NN)nc(N(C)CC2CCCOC2)n1. The van der Waals surface area contributed by atoms with Gasteiger partial charge < -0.3 is 14.4 Å². The summed E-state index contributed by atoms with van der Waals surface area (Å²) in [6, 6.07) is 0.273. The van der Waals surface area contributed by atoms with Crippen molar-refractivity contribution >= 4 is 11.9 Å². The predicted molar refractivity (Wildman–Crippen MR) is 80.2 cm³/mol. The lowest BCUT2D eigenvalue weighted by molar-refractivity contribution is 0.0575. The molecule has 118 valence electrons. The van der Waals surface area contributed by atoms with E-state index in [0.717, 1.165) is 32.6 Å². The second-order valence-corrected chi connectivity index (χ2v) is 5.52. The normalized spacial score (nSPS) is 18.6. The molecule has 0 aliphatic carbocycles. The van der Waals surface area contributed by atoms with Crippen molar-refractivity contribution in [2.45, 2.75) is 32.8 Å². The third-order valence-electron chi connectivity index (χ3n) is 3.20. The first-order valence-corrected chi connectivity index (χ1v) is 7.26. The molecule has 0 amide bonds. The number of nitrogens with two attached hydrogens (primary N) is 1. The second-order valence-electron chi connectivity index (χ2n) is 5.52. The molecule has 0 saturated carbocycles. The van der Waals surface area contributed by atoms with Crippen LogP contribution in [-0.2, 0) is 4.74 Å². The van der Waals surface area contributed by atoms with Gasteiger partial charge in [0.05, 0.1) is 12.7 Å². The Bertz CT molecular complexity index is 450. The van der Waals surface area contributed by atoms with Crippen LogP contribution in [0.1, 0.15) is 26.7 Å². The average Bonchev–Trinajstić information content (AvgIpc) is 2.47. The zero-order valence-electron chi connectivity index (χ0n) is 12.9. The van der Waals surface area contributed by atoms with Gasteiger partial charge in [-0.3, -0.25) is 5.43 Å². The largest absolute Gasteiger partial charge is 0.461 e. The van der Waals surface area contributed by atoms with Gasteiger partial charge >= 0.3 is 6.01 Å². The maximum Gasteiger partial charge on any atom is 0.323 e. The molecule has 1 unspecified atom stereocenters. The molecule has 0 radical (unpaired) electrons. The summed E-state index contributed by atoms with van der Waals surface area (Å²) < 4.78 is 11.0. The van der Waals surface area contributed by atoms with Gasteiger partial charge in [-0.1, -0.05) is 0 Å². The summed E-state index contributed by atoms with van der Waals surface area (Å²) >= 11 is 0. The van der Waals surface area contributed by atoms with Gasteiger partial charge in [-0.25, -0.2) is 5.84 Å². The minimum Gasteiger partial charge on any atom is -0.461 e. The molecule has 21 heavy (non-hydrogen) atoms. The lowest BCUT2D eigenvalue weighted by Gasteiger charge is -2.27. The number of ether oxygens (including phenoxy) is 2. The lowest BCUT2D eigenvalue weighted by Crippen LogP contribution is -2.32. The number of aromatic nitrogens is 3. The maximum atomic E-state index is 5.53. The molecule has 1 aliphatic rings. The first kappa shape index (κ1) is 15.7. The highest BCUT2D eigenvalue weighted by Gasteiger charge is 2.19. The lowest BCUT2D eigenvalue weighted by atomic mass is 10.0. The topological polar surface area (TPSA) is 98.4 Å². The smallest absolute Gasteiger partial charge is 0.323 e. The van der Waals surface area contributed by atoms with Gasteiger partial charge in [0, 0.05) is 20.2 Å². The molecular formula is C13H24N6O2. The van der Waals surface area contributed by atoms with Crippen LogP contribution in [0.3, 0.4) is 0 Å². The van der Waals surface area contributed by atoms with Crippen LogP contribution in [0.2, 0.25) is 0 Å². The standard InChI is InChI=1S/C13H24N6O2/c1-9(2)21-13-16-11(18-14)15-12(17-13)19(3)7-10-5-4-6-20-8-10/h9-10H,4-8,14H2,1-3H3,(H,15,16,17,18). The molecule has 2 heterocycles. The first-order chi connectivity index (χ1) is 10.1. The van der Waals surface area contributed by atoms with Crippen LogP contribution in [0.15, 0.2) is 0 Å². The van der Waals surface area contributed by atoms with Gasteiger partial charge in [0.15, 0.2) is 0 Å². The summed E-state index contributed by atoms with van der Waals surface area (Å²) in [6.07, 6.45) is 2.25. The molecule has 1 saturated heterocycles. The number of nitrogen functional groups attached to an aromatic ring is 1. The summed E-state index contributed by atoms with van der Waals surface area (Å²) in [5.74, 6) is 6.73. The van der Waals surface area contributed by atoms with Crippen molar-refractivity contribution in [3.8, 4) is 6.01 Å². The highest BCUT2D eigenvalue weighted by molar-refractivity contribution is 5.37. The van der Waals surface area contributed by atoms with Gasteiger partial charge in [0.25, 0.3) is 0 Å². The van der Waals surface area contributed by atoms with E-state index in [0.29, 0.717) is 17.8 Å². The van der Waals surface area contributed by atoms with E-state index >= 15 is 0 Å². The molecule has 0 aromatic carbocycles. The Hall–Kier alpha value is -1.67.